The predicted molar refractivity (Wildman–Crippen MR) is 54.9 cm³/mol. The number of hydrogen-bond donors (Lipinski definition) is 1. The monoisotopic (exact) mass is 199 g/mol. The summed E-state index contributed by atoms with van der Waals surface area (Å²) < 4.78 is 0. The molecule has 1 aromatic carbocycles. The second-order valence-electron chi connectivity index (χ2n) is 2.95. The van der Waals surface area contributed by atoms with Gasteiger partial charge in [-0.2, -0.15) is 5.26 Å². The van der Waals surface area contributed by atoms with Crippen molar-refractivity contribution in [3.8, 4) is 17.9 Å². The highest BCUT2D eigenvalue weighted by molar-refractivity contribution is 5.67. The first kappa shape index (κ1) is 10.8. The van der Waals surface area contributed by atoms with E-state index in [1.165, 1.54) is 0 Å². The Kier molecular flexibility index (Phi) is 3.94. The Balaban J connectivity index is 2.65. The van der Waals surface area contributed by atoms with Crippen molar-refractivity contribution in [2.75, 3.05) is 0 Å². The molecule has 74 valence electrons. The molecule has 0 bridgehead atoms. The van der Waals surface area contributed by atoms with Crippen molar-refractivity contribution in [2.24, 2.45) is 0 Å². The summed E-state index contributed by atoms with van der Waals surface area (Å²) in [6.45, 7) is 0. The van der Waals surface area contributed by atoms with E-state index < -0.39 is 5.97 Å². The maximum Gasteiger partial charge on any atom is 0.303 e. The zero-order valence-corrected chi connectivity index (χ0v) is 8.03. The summed E-state index contributed by atoms with van der Waals surface area (Å²) in [6, 6.07) is 8.94. The van der Waals surface area contributed by atoms with Crippen molar-refractivity contribution in [3.63, 3.8) is 0 Å². The number of benzene rings is 1. The van der Waals surface area contributed by atoms with Crippen LogP contribution in [0, 0.1) is 23.2 Å². The van der Waals surface area contributed by atoms with Gasteiger partial charge in [0.05, 0.1) is 0 Å². The largest absolute Gasteiger partial charge is 0.481 e. The van der Waals surface area contributed by atoms with Crippen LogP contribution in [0.4, 0.5) is 0 Å². The van der Waals surface area contributed by atoms with E-state index in [1.54, 1.807) is 18.2 Å². The Hall–Kier alpha value is -2.26. The molecule has 0 saturated heterocycles. The summed E-state index contributed by atoms with van der Waals surface area (Å²) in [5.41, 5.74) is 1.72. The fourth-order valence-corrected chi connectivity index (χ4v) is 1.11. The van der Waals surface area contributed by atoms with E-state index in [0.717, 1.165) is 11.1 Å². The molecule has 0 amide bonds. The van der Waals surface area contributed by atoms with Gasteiger partial charge in [0, 0.05) is 17.9 Å². The minimum atomic E-state index is -0.802. The molecule has 0 spiro atoms. The zero-order valence-electron chi connectivity index (χ0n) is 8.03. The lowest BCUT2D eigenvalue weighted by molar-refractivity contribution is -0.136. The summed E-state index contributed by atoms with van der Waals surface area (Å²) in [5, 5.41) is 16.7. The van der Waals surface area contributed by atoms with Crippen molar-refractivity contribution in [3.05, 3.63) is 35.4 Å². The lowest BCUT2D eigenvalue weighted by Gasteiger charge is -1.97. The molecule has 3 nitrogen and oxygen atoms in total. The van der Waals surface area contributed by atoms with E-state index in [1.807, 2.05) is 12.1 Å². The number of carbonyl (C=O) groups is 1. The Morgan fingerprint density at radius 3 is 2.53 bits per heavy atom. The molecule has 0 aliphatic heterocycles. The highest BCUT2D eigenvalue weighted by Gasteiger charge is 1.98. The number of nitrogens with zero attached hydrogens (tertiary/aromatic N) is 1. The van der Waals surface area contributed by atoms with Gasteiger partial charge in [-0.05, 0) is 24.1 Å². The Labute approximate surface area is 88.0 Å². The molecule has 3 heteroatoms. The number of carboxylic acid groups (broad SMARTS) is 1. The van der Waals surface area contributed by atoms with Crippen LogP contribution in [0.5, 0.6) is 0 Å². The molecule has 0 fully saturated rings. The van der Waals surface area contributed by atoms with Crippen molar-refractivity contribution in [2.45, 2.75) is 12.8 Å². The molecule has 0 radical (unpaired) electrons. The molecular weight excluding hydrogens is 190 g/mol. The van der Waals surface area contributed by atoms with Gasteiger partial charge in [-0.25, -0.2) is 0 Å². The van der Waals surface area contributed by atoms with Crippen LogP contribution >= 0.6 is 0 Å². The van der Waals surface area contributed by atoms with Gasteiger partial charge in [-0.1, -0.05) is 18.1 Å². The van der Waals surface area contributed by atoms with Crippen LogP contribution in [0.25, 0.3) is 0 Å². The van der Waals surface area contributed by atoms with Crippen molar-refractivity contribution in [1.82, 2.24) is 0 Å². The second kappa shape index (κ2) is 5.47. The van der Waals surface area contributed by atoms with Crippen molar-refractivity contribution < 1.29 is 9.90 Å². The third-order valence-electron chi connectivity index (χ3n) is 1.84. The fourth-order valence-electron chi connectivity index (χ4n) is 1.11. The van der Waals surface area contributed by atoms with Gasteiger partial charge < -0.3 is 5.11 Å². The lowest BCUT2D eigenvalue weighted by atomic mass is 10.1. The molecule has 0 atom stereocenters. The summed E-state index contributed by atoms with van der Waals surface area (Å²) in [7, 11) is 0. The minimum absolute atomic E-state index is 0.128. The first-order valence-electron chi connectivity index (χ1n) is 4.43. The SMILES string of the molecule is N#CC#Cc1ccc(CCC(=O)O)cc1. The average molecular weight is 199 g/mol. The van der Waals surface area contributed by atoms with Gasteiger partial charge in [-0.15, -0.1) is 0 Å². The maximum absolute atomic E-state index is 10.3. The highest BCUT2D eigenvalue weighted by atomic mass is 16.4. The molecule has 1 aromatic rings. The molecule has 0 unspecified atom stereocenters. The molecule has 15 heavy (non-hydrogen) atoms. The van der Waals surface area contributed by atoms with E-state index in [-0.39, 0.29) is 6.42 Å². The standard InChI is InChI=1S/C12H9NO2/c13-9-1-2-10-3-5-11(6-4-10)7-8-12(14)15/h3-6H,7-8H2,(H,14,15). The number of nitriles is 1. The van der Waals surface area contributed by atoms with Crippen molar-refractivity contribution >= 4 is 5.97 Å². The molecule has 0 aromatic heterocycles. The van der Waals surface area contributed by atoms with Crippen LogP contribution in [0.2, 0.25) is 0 Å². The van der Waals surface area contributed by atoms with Crippen LogP contribution in [0.1, 0.15) is 17.5 Å². The van der Waals surface area contributed by atoms with Crippen LogP contribution in [-0.4, -0.2) is 11.1 Å². The Morgan fingerprint density at radius 1 is 1.33 bits per heavy atom. The number of hydrogen-bond acceptors (Lipinski definition) is 2. The summed E-state index contributed by atoms with van der Waals surface area (Å²) >= 11 is 0. The van der Waals surface area contributed by atoms with Gasteiger partial charge in [-0.3, -0.25) is 4.79 Å². The van der Waals surface area contributed by atoms with E-state index in [2.05, 4.69) is 11.8 Å². The van der Waals surface area contributed by atoms with Crippen molar-refractivity contribution in [1.29, 1.82) is 5.26 Å². The molecule has 1 N–H and O–H groups in total. The minimum Gasteiger partial charge on any atom is -0.481 e. The van der Waals surface area contributed by atoms with Crippen LogP contribution in [0.15, 0.2) is 24.3 Å². The Morgan fingerprint density at radius 2 is 2.00 bits per heavy atom. The first-order valence-corrected chi connectivity index (χ1v) is 4.43. The zero-order chi connectivity index (χ0) is 11.1. The second-order valence-corrected chi connectivity index (χ2v) is 2.95. The molecule has 0 aliphatic carbocycles. The van der Waals surface area contributed by atoms with E-state index in [0.29, 0.717) is 6.42 Å². The molecular formula is C12H9NO2. The number of aryl methyl sites for hydroxylation is 1. The third-order valence-corrected chi connectivity index (χ3v) is 1.84. The van der Waals surface area contributed by atoms with Gasteiger partial charge >= 0.3 is 5.97 Å². The summed E-state index contributed by atoms with van der Waals surface area (Å²) in [4.78, 5) is 10.3. The average Bonchev–Trinajstić information content (AvgIpc) is 2.25. The van der Waals surface area contributed by atoms with Crippen LogP contribution < -0.4 is 0 Å². The third kappa shape index (κ3) is 3.97. The first-order chi connectivity index (χ1) is 7.22. The van der Waals surface area contributed by atoms with Crippen LogP contribution in [0.3, 0.4) is 0 Å². The molecule has 0 heterocycles. The molecule has 1 rings (SSSR count). The predicted octanol–water partition coefficient (Wildman–Crippen LogP) is 1.58. The normalized spacial score (nSPS) is 8.47. The number of aliphatic carboxylic acids is 1. The van der Waals surface area contributed by atoms with Gasteiger partial charge in [0.15, 0.2) is 6.07 Å². The van der Waals surface area contributed by atoms with E-state index in [9.17, 15) is 4.79 Å². The van der Waals surface area contributed by atoms with Gasteiger partial charge in [0.2, 0.25) is 0 Å². The van der Waals surface area contributed by atoms with E-state index >= 15 is 0 Å². The molecule has 0 aliphatic rings. The smallest absolute Gasteiger partial charge is 0.303 e. The van der Waals surface area contributed by atoms with Gasteiger partial charge in [0.25, 0.3) is 0 Å². The quantitative estimate of drug-likeness (QED) is 0.752. The van der Waals surface area contributed by atoms with E-state index in [4.69, 9.17) is 10.4 Å². The summed E-state index contributed by atoms with van der Waals surface area (Å²) in [5.74, 6) is 4.15. The fraction of sp³-hybridized carbons (Fsp3) is 0.167. The number of rotatable bonds is 3. The Bertz CT molecular complexity index is 443. The summed E-state index contributed by atoms with van der Waals surface area (Å²) in [6.07, 6.45) is 0.643. The van der Waals surface area contributed by atoms with Crippen LogP contribution in [-0.2, 0) is 11.2 Å². The molecule has 0 saturated carbocycles. The van der Waals surface area contributed by atoms with Gasteiger partial charge in [0.1, 0.15) is 0 Å². The topological polar surface area (TPSA) is 61.1 Å². The highest BCUT2D eigenvalue weighted by Crippen LogP contribution is 2.05. The number of carboxylic acids is 1. The maximum atomic E-state index is 10.3. The lowest BCUT2D eigenvalue weighted by Crippen LogP contribution is -1.97.